The SMILES string of the molecule is Cc1cc(Br)c(F)cc1-c1ncn(C)n1. The van der Waals surface area contributed by atoms with Gasteiger partial charge in [-0.2, -0.15) is 5.10 Å². The molecule has 0 aliphatic rings. The maximum Gasteiger partial charge on any atom is 0.181 e. The van der Waals surface area contributed by atoms with Crippen LogP contribution < -0.4 is 0 Å². The molecule has 0 saturated heterocycles. The van der Waals surface area contributed by atoms with Crippen molar-refractivity contribution in [2.75, 3.05) is 0 Å². The Morgan fingerprint density at radius 2 is 2.13 bits per heavy atom. The largest absolute Gasteiger partial charge is 0.255 e. The van der Waals surface area contributed by atoms with Gasteiger partial charge in [0.15, 0.2) is 5.82 Å². The summed E-state index contributed by atoms with van der Waals surface area (Å²) in [5.74, 6) is 0.240. The molecule has 1 heterocycles. The second-order valence-electron chi connectivity index (χ2n) is 3.32. The number of hydrogen-bond donors (Lipinski definition) is 0. The summed E-state index contributed by atoms with van der Waals surface area (Å²) in [4.78, 5) is 4.09. The number of benzene rings is 1. The minimum absolute atomic E-state index is 0.303. The van der Waals surface area contributed by atoms with Gasteiger partial charge in [0.05, 0.1) is 4.47 Å². The second-order valence-corrected chi connectivity index (χ2v) is 4.18. The summed E-state index contributed by atoms with van der Waals surface area (Å²) in [6.45, 7) is 1.90. The van der Waals surface area contributed by atoms with Gasteiger partial charge in [0.2, 0.25) is 0 Å². The molecule has 78 valence electrons. The van der Waals surface area contributed by atoms with Crippen LogP contribution in [0, 0.1) is 12.7 Å². The molecule has 0 bridgehead atoms. The number of nitrogens with zero attached hydrogens (tertiary/aromatic N) is 3. The Bertz CT molecular complexity index is 507. The summed E-state index contributed by atoms with van der Waals surface area (Å²) in [5, 5.41) is 4.14. The van der Waals surface area contributed by atoms with E-state index in [-0.39, 0.29) is 5.82 Å². The van der Waals surface area contributed by atoms with E-state index in [1.807, 2.05) is 6.92 Å². The molecule has 0 saturated carbocycles. The Hall–Kier alpha value is -1.23. The van der Waals surface area contributed by atoms with Crippen molar-refractivity contribution < 1.29 is 4.39 Å². The molecule has 1 aromatic carbocycles. The lowest BCUT2D eigenvalue weighted by molar-refractivity contribution is 0.621. The summed E-state index contributed by atoms with van der Waals surface area (Å²) in [6.07, 6.45) is 1.59. The zero-order chi connectivity index (χ0) is 11.0. The van der Waals surface area contributed by atoms with Gasteiger partial charge in [-0.25, -0.2) is 9.37 Å². The lowest BCUT2D eigenvalue weighted by Gasteiger charge is -2.03. The fourth-order valence-corrected chi connectivity index (χ4v) is 1.81. The highest BCUT2D eigenvalue weighted by molar-refractivity contribution is 9.10. The van der Waals surface area contributed by atoms with Crippen molar-refractivity contribution in [3.8, 4) is 11.4 Å². The molecule has 0 unspecified atom stereocenters. The van der Waals surface area contributed by atoms with E-state index in [4.69, 9.17) is 0 Å². The molecule has 0 fully saturated rings. The predicted octanol–water partition coefficient (Wildman–Crippen LogP) is 2.69. The number of aromatic nitrogens is 3. The Morgan fingerprint density at radius 3 is 2.73 bits per heavy atom. The third kappa shape index (κ3) is 1.92. The fraction of sp³-hybridized carbons (Fsp3) is 0.200. The average molecular weight is 270 g/mol. The van der Waals surface area contributed by atoms with E-state index in [0.717, 1.165) is 11.1 Å². The van der Waals surface area contributed by atoms with Crippen LogP contribution in [0.5, 0.6) is 0 Å². The van der Waals surface area contributed by atoms with Crippen molar-refractivity contribution >= 4 is 15.9 Å². The molecule has 2 aromatic rings. The van der Waals surface area contributed by atoms with E-state index >= 15 is 0 Å². The van der Waals surface area contributed by atoms with Gasteiger partial charge in [0.25, 0.3) is 0 Å². The first kappa shape index (κ1) is 10.3. The summed E-state index contributed by atoms with van der Waals surface area (Å²) in [5.41, 5.74) is 1.66. The normalized spacial score (nSPS) is 10.7. The molecule has 2 rings (SSSR count). The summed E-state index contributed by atoms with van der Waals surface area (Å²) < 4.78 is 15.4. The van der Waals surface area contributed by atoms with Crippen LogP contribution in [0.25, 0.3) is 11.4 Å². The quantitative estimate of drug-likeness (QED) is 0.797. The van der Waals surface area contributed by atoms with Gasteiger partial charge >= 0.3 is 0 Å². The minimum Gasteiger partial charge on any atom is -0.255 e. The minimum atomic E-state index is -0.303. The van der Waals surface area contributed by atoms with E-state index in [0.29, 0.717) is 10.3 Å². The van der Waals surface area contributed by atoms with Crippen LogP contribution in [-0.2, 0) is 7.05 Å². The van der Waals surface area contributed by atoms with Gasteiger partial charge in [-0.05, 0) is 40.5 Å². The monoisotopic (exact) mass is 269 g/mol. The third-order valence-corrected chi connectivity index (χ3v) is 2.72. The van der Waals surface area contributed by atoms with Crippen molar-refractivity contribution in [3.63, 3.8) is 0 Å². The van der Waals surface area contributed by atoms with Crippen molar-refractivity contribution in [1.82, 2.24) is 14.8 Å². The first-order valence-corrected chi connectivity index (χ1v) is 5.19. The van der Waals surface area contributed by atoms with Crippen LogP contribution >= 0.6 is 15.9 Å². The molecule has 3 nitrogen and oxygen atoms in total. The molecular formula is C10H9BrFN3. The summed E-state index contributed by atoms with van der Waals surface area (Å²) in [7, 11) is 1.78. The van der Waals surface area contributed by atoms with Crippen LogP contribution in [0.15, 0.2) is 22.9 Å². The molecule has 5 heteroatoms. The molecule has 0 radical (unpaired) electrons. The fourth-order valence-electron chi connectivity index (χ4n) is 1.35. The number of rotatable bonds is 1. The zero-order valence-corrected chi connectivity index (χ0v) is 9.92. The Balaban J connectivity index is 2.58. The first-order valence-electron chi connectivity index (χ1n) is 4.39. The molecule has 0 spiro atoms. The average Bonchev–Trinajstić information content (AvgIpc) is 2.58. The molecule has 1 aromatic heterocycles. The second kappa shape index (κ2) is 3.73. The van der Waals surface area contributed by atoms with Crippen LogP contribution in [0.4, 0.5) is 4.39 Å². The Labute approximate surface area is 95.1 Å². The standard InChI is InChI=1S/C10H9BrFN3/c1-6-3-8(11)9(12)4-7(6)10-13-5-15(2)14-10/h3-5H,1-2H3. The van der Waals surface area contributed by atoms with E-state index in [1.54, 1.807) is 24.1 Å². The van der Waals surface area contributed by atoms with Crippen LogP contribution in [0.1, 0.15) is 5.56 Å². The van der Waals surface area contributed by atoms with Crippen LogP contribution in [0.2, 0.25) is 0 Å². The molecule has 15 heavy (non-hydrogen) atoms. The number of halogens is 2. The highest BCUT2D eigenvalue weighted by Gasteiger charge is 2.10. The van der Waals surface area contributed by atoms with Crippen molar-refractivity contribution in [2.45, 2.75) is 6.92 Å². The molecule has 0 amide bonds. The lowest BCUT2D eigenvalue weighted by atomic mass is 10.1. The van der Waals surface area contributed by atoms with Crippen molar-refractivity contribution in [3.05, 3.63) is 34.3 Å². The van der Waals surface area contributed by atoms with Gasteiger partial charge < -0.3 is 0 Å². The third-order valence-electron chi connectivity index (χ3n) is 2.11. The van der Waals surface area contributed by atoms with E-state index in [9.17, 15) is 4.39 Å². The topological polar surface area (TPSA) is 30.7 Å². The molecule has 0 aliphatic carbocycles. The highest BCUT2D eigenvalue weighted by atomic mass is 79.9. The van der Waals surface area contributed by atoms with Gasteiger partial charge in [0.1, 0.15) is 12.1 Å². The Morgan fingerprint density at radius 1 is 1.40 bits per heavy atom. The lowest BCUT2D eigenvalue weighted by Crippen LogP contribution is -1.91. The number of hydrogen-bond acceptors (Lipinski definition) is 2. The van der Waals surface area contributed by atoms with Crippen molar-refractivity contribution in [1.29, 1.82) is 0 Å². The van der Waals surface area contributed by atoms with E-state index in [1.165, 1.54) is 6.07 Å². The molecule has 0 aliphatic heterocycles. The predicted molar refractivity (Wildman–Crippen MR) is 58.8 cm³/mol. The van der Waals surface area contributed by atoms with Crippen LogP contribution in [-0.4, -0.2) is 14.8 Å². The van der Waals surface area contributed by atoms with Crippen molar-refractivity contribution in [2.24, 2.45) is 7.05 Å². The smallest absolute Gasteiger partial charge is 0.181 e. The van der Waals surface area contributed by atoms with Gasteiger partial charge in [-0.1, -0.05) is 0 Å². The molecule has 0 N–H and O–H groups in total. The first-order chi connectivity index (χ1) is 7.08. The van der Waals surface area contributed by atoms with Gasteiger partial charge in [0, 0.05) is 12.6 Å². The van der Waals surface area contributed by atoms with Crippen LogP contribution in [0.3, 0.4) is 0 Å². The maximum absolute atomic E-state index is 13.3. The molecule has 0 atom stereocenters. The molecular weight excluding hydrogens is 261 g/mol. The maximum atomic E-state index is 13.3. The van der Waals surface area contributed by atoms with E-state index < -0.39 is 0 Å². The van der Waals surface area contributed by atoms with Gasteiger partial charge in [-0.15, -0.1) is 0 Å². The zero-order valence-electron chi connectivity index (χ0n) is 8.33. The van der Waals surface area contributed by atoms with E-state index in [2.05, 4.69) is 26.0 Å². The Kier molecular flexibility index (Phi) is 2.56. The highest BCUT2D eigenvalue weighted by Crippen LogP contribution is 2.25. The van der Waals surface area contributed by atoms with Gasteiger partial charge in [-0.3, -0.25) is 4.68 Å². The summed E-state index contributed by atoms with van der Waals surface area (Å²) >= 11 is 3.14. The summed E-state index contributed by atoms with van der Waals surface area (Å²) in [6, 6.07) is 3.16. The number of aryl methyl sites for hydroxylation is 2.